The molecule has 0 unspecified atom stereocenters. The molecule has 0 saturated carbocycles. The van der Waals surface area contributed by atoms with Gasteiger partial charge in [0.15, 0.2) is 0 Å². The van der Waals surface area contributed by atoms with E-state index in [1.165, 1.54) is 18.2 Å². The lowest BCUT2D eigenvalue weighted by molar-refractivity contribution is -0.384. The van der Waals surface area contributed by atoms with E-state index >= 15 is 0 Å². The van der Waals surface area contributed by atoms with Gasteiger partial charge in [-0.2, -0.15) is 0 Å². The van der Waals surface area contributed by atoms with Crippen LogP contribution in [0.5, 0.6) is 5.75 Å². The van der Waals surface area contributed by atoms with Gasteiger partial charge in [0.25, 0.3) is 5.69 Å². The van der Waals surface area contributed by atoms with Crippen molar-refractivity contribution in [1.82, 2.24) is 0 Å². The minimum absolute atomic E-state index is 0.00240. The number of benzene rings is 1. The fourth-order valence-electron chi connectivity index (χ4n) is 1.18. The zero-order valence-corrected chi connectivity index (χ0v) is 12.0. The van der Waals surface area contributed by atoms with E-state index in [4.69, 9.17) is 16.3 Å². The normalized spacial score (nSPS) is 11.3. The third kappa shape index (κ3) is 4.75. The molecule has 0 aliphatic rings. The molecule has 0 amide bonds. The molecule has 4 nitrogen and oxygen atoms in total. The van der Waals surface area contributed by atoms with Crippen LogP contribution in [-0.4, -0.2) is 19.6 Å². The maximum Gasteiger partial charge on any atom is 0.273 e. The highest BCUT2D eigenvalue weighted by atomic mass is 35.5. The van der Waals surface area contributed by atoms with E-state index in [9.17, 15) is 10.1 Å². The van der Waals surface area contributed by atoms with Gasteiger partial charge in [0.1, 0.15) is 5.75 Å². The van der Waals surface area contributed by atoms with Gasteiger partial charge in [0.2, 0.25) is 0 Å². The lowest BCUT2D eigenvalue weighted by Gasteiger charge is -2.16. The summed E-state index contributed by atoms with van der Waals surface area (Å²) in [6.45, 7) is 7.28. The van der Waals surface area contributed by atoms with Crippen LogP contribution < -0.4 is 4.74 Å². The smallest absolute Gasteiger partial charge is 0.273 e. The second-order valence-electron chi connectivity index (χ2n) is 5.03. The Bertz CT molecular complexity index is 418. The predicted molar refractivity (Wildman–Crippen MR) is 71.8 cm³/mol. The zero-order valence-electron chi connectivity index (χ0n) is 10.2. The molecule has 0 heterocycles. The number of hydrogen-bond donors (Lipinski definition) is 0. The fourth-order valence-corrected chi connectivity index (χ4v) is 2.07. The molecular weight excluding hydrogens is 258 g/mol. The zero-order chi connectivity index (χ0) is 13.1. The Morgan fingerprint density at radius 1 is 1.41 bits per heavy atom. The maximum atomic E-state index is 10.6. The van der Waals surface area contributed by atoms with E-state index in [2.05, 4.69) is 19.6 Å². The molecule has 0 bridgehead atoms. The van der Waals surface area contributed by atoms with Crippen LogP contribution in [0.15, 0.2) is 18.2 Å². The first-order valence-corrected chi connectivity index (χ1v) is 9.45. The van der Waals surface area contributed by atoms with Crippen LogP contribution in [0.3, 0.4) is 0 Å². The van der Waals surface area contributed by atoms with Crippen molar-refractivity contribution in [2.75, 3.05) is 6.61 Å². The molecule has 0 fully saturated rings. The van der Waals surface area contributed by atoms with Gasteiger partial charge < -0.3 is 4.74 Å². The molecule has 1 aromatic rings. The van der Waals surface area contributed by atoms with Crippen molar-refractivity contribution in [3.05, 3.63) is 33.3 Å². The van der Waals surface area contributed by atoms with Crippen molar-refractivity contribution in [3.8, 4) is 5.75 Å². The summed E-state index contributed by atoms with van der Waals surface area (Å²) >= 11 is 5.91. The average molecular weight is 274 g/mol. The van der Waals surface area contributed by atoms with E-state index in [1.54, 1.807) is 0 Å². The number of rotatable bonds is 5. The Kier molecular flexibility index (Phi) is 4.53. The predicted octanol–water partition coefficient (Wildman–Crippen LogP) is 3.97. The van der Waals surface area contributed by atoms with Crippen molar-refractivity contribution in [1.29, 1.82) is 0 Å². The van der Waals surface area contributed by atoms with Crippen LogP contribution in [0, 0.1) is 10.1 Å². The highest BCUT2D eigenvalue weighted by Crippen LogP contribution is 2.29. The molecular formula is C11H16ClNO3Si. The van der Waals surface area contributed by atoms with Crippen molar-refractivity contribution < 1.29 is 9.66 Å². The molecule has 0 radical (unpaired) electrons. The molecule has 0 spiro atoms. The fraction of sp³-hybridized carbons (Fsp3) is 0.455. The minimum Gasteiger partial charge on any atom is -0.492 e. The number of non-ortho nitro benzene ring substituents is 1. The third-order valence-corrected chi connectivity index (χ3v) is 4.25. The first kappa shape index (κ1) is 14.0. The summed E-state index contributed by atoms with van der Waals surface area (Å²) in [5.74, 6) is 0.388. The molecule has 0 atom stereocenters. The van der Waals surface area contributed by atoms with Gasteiger partial charge in [-0.05, 0) is 12.1 Å². The quantitative estimate of drug-likeness (QED) is 0.463. The molecule has 0 aliphatic heterocycles. The van der Waals surface area contributed by atoms with Gasteiger partial charge in [-0.1, -0.05) is 31.2 Å². The molecule has 1 rings (SSSR count). The second-order valence-corrected chi connectivity index (χ2v) is 11.1. The van der Waals surface area contributed by atoms with Crippen molar-refractivity contribution >= 4 is 25.4 Å². The Balaban J connectivity index is 2.70. The topological polar surface area (TPSA) is 52.4 Å². The van der Waals surface area contributed by atoms with E-state index in [0.717, 1.165) is 6.04 Å². The number of nitro groups is 1. The Hall–Kier alpha value is -1.07. The molecule has 0 aliphatic carbocycles. The SMILES string of the molecule is C[Si](C)(C)CCOc1cc([N+](=O)[O-])ccc1Cl. The highest BCUT2D eigenvalue weighted by molar-refractivity contribution is 6.76. The summed E-state index contributed by atoms with van der Waals surface area (Å²) < 4.78 is 5.50. The monoisotopic (exact) mass is 273 g/mol. The van der Waals surface area contributed by atoms with Crippen LogP contribution in [0.4, 0.5) is 5.69 Å². The van der Waals surface area contributed by atoms with Gasteiger partial charge >= 0.3 is 0 Å². The van der Waals surface area contributed by atoms with Gasteiger partial charge in [-0.3, -0.25) is 10.1 Å². The molecule has 6 heteroatoms. The lowest BCUT2D eigenvalue weighted by atomic mass is 10.3. The standard InChI is InChI=1S/C11H16ClNO3Si/c1-17(2,3)7-6-16-11-8-9(13(14)15)4-5-10(11)12/h4-5,8H,6-7H2,1-3H3. The van der Waals surface area contributed by atoms with Crippen LogP contribution in [0.1, 0.15) is 0 Å². The Labute approximate surface area is 107 Å². The minimum atomic E-state index is -1.17. The summed E-state index contributed by atoms with van der Waals surface area (Å²) in [5.41, 5.74) is -0.00240. The van der Waals surface area contributed by atoms with Gasteiger partial charge in [-0.25, -0.2) is 0 Å². The van der Waals surface area contributed by atoms with Crippen LogP contribution in [-0.2, 0) is 0 Å². The summed E-state index contributed by atoms with van der Waals surface area (Å²) in [4.78, 5) is 10.2. The van der Waals surface area contributed by atoms with Crippen LogP contribution >= 0.6 is 11.6 Å². The van der Waals surface area contributed by atoms with Gasteiger partial charge in [0, 0.05) is 14.1 Å². The molecule has 1 aromatic carbocycles. The van der Waals surface area contributed by atoms with E-state index < -0.39 is 13.0 Å². The third-order valence-electron chi connectivity index (χ3n) is 2.24. The number of halogens is 1. The second kappa shape index (κ2) is 5.51. The first-order chi connectivity index (χ1) is 7.79. The molecule has 0 aromatic heterocycles. The van der Waals surface area contributed by atoms with E-state index in [1.807, 2.05) is 0 Å². The summed E-state index contributed by atoms with van der Waals surface area (Å²) in [6, 6.07) is 5.22. The summed E-state index contributed by atoms with van der Waals surface area (Å²) in [7, 11) is -1.17. The number of nitro benzene ring substituents is 1. The van der Waals surface area contributed by atoms with Crippen molar-refractivity contribution in [3.63, 3.8) is 0 Å². The molecule has 0 N–H and O–H groups in total. The van der Waals surface area contributed by atoms with Crippen LogP contribution in [0.2, 0.25) is 30.7 Å². The maximum absolute atomic E-state index is 10.6. The lowest BCUT2D eigenvalue weighted by Crippen LogP contribution is -2.22. The van der Waals surface area contributed by atoms with Crippen molar-refractivity contribution in [2.24, 2.45) is 0 Å². The highest BCUT2D eigenvalue weighted by Gasteiger charge is 2.14. The Morgan fingerprint density at radius 2 is 2.06 bits per heavy atom. The van der Waals surface area contributed by atoms with Crippen LogP contribution in [0.25, 0.3) is 0 Å². The Morgan fingerprint density at radius 3 is 2.59 bits per heavy atom. The van der Waals surface area contributed by atoms with E-state index in [-0.39, 0.29) is 5.69 Å². The molecule has 94 valence electrons. The number of ether oxygens (including phenoxy) is 1. The first-order valence-electron chi connectivity index (χ1n) is 5.36. The largest absolute Gasteiger partial charge is 0.492 e. The van der Waals surface area contributed by atoms with Gasteiger partial charge in [-0.15, -0.1) is 0 Å². The van der Waals surface area contributed by atoms with Gasteiger partial charge in [0.05, 0.1) is 22.6 Å². The molecule has 0 saturated heterocycles. The number of nitrogens with zero attached hydrogens (tertiary/aromatic N) is 1. The van der Waals surface area contributed by atoms with E-state index in [0.29, 0.717) is 17.4 Å². The average Bonchev–Trinajstić information content (AvgIpc) is 2.18. The summed E-state index contributed by atoms with van der Waals surface area (Å²) in [6.07, 6.45) is 0. The number of hydrogen-bond acceptors (Lipinski definition) is 3. The summed E-state index contributed by atoms with van der Waals surface area (Å²) in [5, 5.41) is 11.0. The van der Waals surface area contributed by atoms with Crippen molar-refractivity contribution in [2.45, 2.75) is 25.7 Å². The molecule has 17 heavy (non-hydrogen) atoms.